The van der Waals surface area contributed by atoms with E-state index >= 15 is 0 Å². The maximum Gasteiger partial charge on any atom is 0.213 e. The Labute approximate surface area is 171 Å². The highest BCUT2D eigenvalue weighted by atomic mass is 32.2. The molecule has 1 aromatic carbocycles. The monoisotopic (exact) mass is 414 g/mol. The van der Waals surface area contributed by atoms with Crippen molar-refractivity contribution >= 4 is 9.84 Å². The minimum absolute atomic E-state index is 0.220. The number of rotatable bonds is 3. The first kappa shape index (κ1) is 19.0. The Morgan fingerprint density at radius 1 is 1.10 bits per heavy atom. The van der Waals surface area contributed by atoms with E-state index in [1.165, 1.54) is 31.7 Å². The van der Waals surface area contributed by atoms with Crippen LogP contribution in [0.15, 0.2) is 41.6 Å². The normalized spacial score (nSPS) is 22.0. The summed E-state index contributed by atoms with van der Waals surface area (Å²) in [4.78, 5) is 6.90. The molecule has 0 unspecified atom stereocenters. The van der Waals surface area contributed by atoms with E-state index in [0.717, 1.165) is 54.4 Å². The zero-order chi connectivity index (χ0) is 20.1. The van der Waals surface area contributed by atoms with Gasteiger partial charge in [-0.05, 0) is 36.6 Å². The molecule has 0 amide bonds. The highest BCUT2D eigenvalue weighted by Gasteiger charge is 2.42. The Kier molecular flexibility index (Phi) is 4.64. The van der Waals surface area contributed by atoms with Gasteiger partial charge in [-0.25, -0.2) is 8.42 Å². The van der Waals surface area contributed by atoms with E-state index in [2.05, 4.69) is 9.88 Å². The average molecular weight is 415 g/mol. The molecule has 3 aliphatic rings. The van der Waals surface area contributed by atoms with Crippen molar-refractivity contribution < 1.29 is 17.9 Å². The Hall–Kier alpha value is -1.96. The zero-order valence-corrected chi connectivity index (χ0v) is 17.5. The molecule has 0 bridgehead atoms. The number of pyridine rings is 1. The van der Waals surface area contributed by atoms with Crippen molar-refractivity contribution in [3.8, 4) is 16.9 Å². The SMILES string of the molecule is CS(=O)(=O)c1cncc(-c2ccc3c(c2)COC2(CCN(C4CCC4)CC2)O3)c1. The first-order chi connectivity index (χ1) is 13.9. The van der Waals surface area contributed by atoms with Crippen molar-refractivity contribution in [2.75, 3.05) is 19.3 Å². The van der Waals surface area contributed by atoms with E-state index < -0.39 is 15.6 Å². The Morgan fingerprint density at radius 3 is 2.59 bits per heavy atom. The van der Waals surface area contributed by atoms with Crippen molar-refractivity contribution in [2.24, 2.45) is 0 Å². The summed E-state index contributed by atoms with van der Waals surface area (Å²) >= 11 is 0. The average Bonchev–Trinajstić information content (AvgIpc) is 2.68. The predicted octanol–water partition coefficient (Wildman–Crippen LogP) is 3.41. The van der Waals surface area contributed by atoms with Gasteiger partial charge in [-0.1, -0.05) is 12.5 Å². The number of nitrogens with zero attached hydrogens (tertiary/aromatic N) is 2. The van der Waals surface area contributed by atoms with Crippen LogP contribution in [0.2, 0.25) is 0 Å². The molecule has 6 nitrogen and oxygen atoms in total. The van der Waals surface area contributed by atoms with Gasteiger partial charge in [-0.3, -0.25) is 9.88 Å². The molecule has 2 aliphatic heterocycles. The summed E-state index contributed by atoms with van der Waals surface area (Å²) < 4.78 is 36.2. The molecule has 1 aromatic heterocycles. The van der Waals surface area contributed by atoms with E-state index in [1.54, 1.807) is 12.3 Å². The number of sulfone groups is 1. The molecule has 1 aliphatic carbocycles. The molecule has 154 valence electrons. The van der Waals surface area contributed by atoms with Crippen LogP contribution < -0.4 is 4.74 Å². The van der Waals surface area contributed by atoms with Crippen LogP contribution in [0.25, 0.3) is 11.1 Å². The minimum Gasteiger partial charge on any atom is -0.462 e. The second kappa shape index (κ2) is 7.07. The van der Waals surface area contributed by atoms with E-state index in [0.29, 0.717) is 6.61 Å². The van der Waals surface area contributed by atoms with E-state index in [-0.39, 0.29) is 4.90 Å². The summed E-state index contributed by atoms with van der Waals surface area (Å²) in [6, 6.07) is 8.37. The van der Waals surface area contributed by atoms with Gasteiger partial charge in [0.25, 0.3) is 0 Å². The lowest BCUT2D eigenvalue weighted by Gasteiger charge is -2.47. The molecule has 1 saturated carbocycles. The topological polar surface area (TPSA) is 68.7 Å². The van der Waals surface area contributed by atoms with Crippen LogP contribution in [-0.4, -0.2) is 49.5 Å². The van der Waals surface area contributed by atoms with Gasteiger partial charge in [0.1, 0.15) is 5.75 Å². The van der Waals surface area contributed by atoms with Crippen LogP contribution in [0, 0.1) is 0 Å². The number of benzene rings is 1. The first-order valence-corrected chi connectivity index (χ1v) is 12.2. The molecule has 7 heteroatoms. The van der Waals surface area contributed by atoms with Crippen molar-refractivity contribution in [1.29, 1.82) is 0 Å². The second-order valence-corrected chi connectivity index (χ2v) is 10.4. The van der Waals surface area contributed by atoms with Crippen LogP contribution in [0.3, 0.4) is 0 Å². The standard InChI is InChI=1S/C22H26N2O4S/c1-29(25,26)20-12-17(13-23-14-20)16-5-6-21-18(11-16)15-27-22(28-21)7-9-24(10-8-22)19-3-2-4-19/h5-6,11-14,19H,2-4,7-10,15H2,1H3. The van der Waals surface area contributed by atoms with Gasteiger partial charge < -0.3 is 9.47 Å². The van der Waals surface area contributed by atoms with Crippen molar-refractivity contribution in [1.82, 2.24) is 9.88 Å². The maximum absolute atomic E-state index is 11.8. The van der Waals surface area contributed by atoms with Gasteiger partial charge >= 0.3 is 0 Å². The zero-order valence-electron chi connectivity index (χ0n) is 16.6. The van der Waals surface area contributed by atoms with Crippen LogP contribution in [0.5, 0.6) is 5.75 Å². The number of aromatic nitrogens is 1. The quantitative estimate of drug-likeness (QED) is 0.767. The van der Waals surface area contributed by atoms with Crippen LogP contribution in [0.1, 0.15) is 37.7 Å². The Balaban J connectivity index is 1.34. The van der Waals surface area contributed by atoms with Gasteiger partial charge in [0, 0.05) is 61.7 Å². The van der Waals surface area contributed by atoms with Gasteiger partial charge in [0.2, 0.25) is 5.79 Å². The number of ether oxygens (including phenoxy) is 2. The number of likely N-dealkylation sites (tertiary alicyclic amines) is 1. The fraction of sp³-hybridized carbons (Fsp3) is 0.500. The number of hydrogen-bond acceptors (Lipinski definition) is 6. The molecule has 0 N–H and O–H groups in total. The molecular formula is C22H26N2O4S. The summed E-state index contributed by atoms with van der Waals surface area (Å²) in [5, 5.41) is 0. The van der Waals surface area contributed by atoms with Gasteiger partial charge in [-0.15, -0.1) is 0 Å². The lowest BCUT2D eigenvalue weighted by Crippen LogP contribution is -2.54. The highest BCUT2D eigenvalue weighted by molar-refractivity contribution is 7.90. The fourth-order valence-electron chi connectivity index (χ4n) is 4.42. The van der Waals surface area contributed by atoms with Crippen LogP contribution >= 0.6 is 0 Å². The fourth-order valence-corrected chi connectivity index (χ4v) is 5.01. The third-order valence-corrected chi connectivity index (χ3v) is 7.55. The molecule has 1 spiro atoms. The van der Waals surface area contributed by atoms with Crippen molar-refractivity contribution in [3.63, 3.8) is 0 Å². The Bertz CT molecular complexity index is 1020. The maximum atomic E-state index is 11.8. The second-order valence-electron chi connectivity index (χ2n) is 8.43. The van der Waals surface area contributed by atoms with E-state index in [4.69, 9.17) is 9.47 Å². The summed E-state index contributed by atoms with van der Waals surface area (Å²) in [7, 11) is -3.29. The number of hydrogen-bond donors (Lipinski definition) is 0. The lowest BCUT2D eigenvalue weighted by atomic mass is 9.89. The molecular weight excluding hydrogens is 388 g/mol. The van der Waals surface area contributed by atoms with E-state index in [9.17, 15) is 8.42 Å². The van der Waals surface area contributed by atoms with Crippen LogP contribution in [-0.2, 0) is 21.2 Å². The molecule has 0 atom stereocenters. The summed E-state index contributed by atoms with van der Waals surface area (Å²) in [6.45, 7) is 2.57. The first-order valence-electron chi connectivity index (χ1n) is 10.3. The molecule has 1 saturated heterocycles. The van der Waals surface area contributed by atoms with Crippen molar-refractivity contribution in [3.05, 3.63) is 42.2 Å². The number of fused-ring (bicyclic) bond motifs is 1. The molecule has 3 heterocycles. The van der Waals surface area contributed by atoms with Crippen molar-refractivity contribution in [2.45, 2.75) is 55.4 Å². The lowest BCUT2D eigenvalue weighted by molar-refractivity contribution is -0.231. The van der Waals surface area contributed by atoms with Crippen LogP contribution in [0.4, 0.5) is 0 Å². The molecule has 29 heavy (non-hydrogen) atoms. The summed E-state index contributed by atoms with van der Waals surface area (Å²) in [5.74, 6) is 0.358. The predicted molar refractivity (Wildman–Crippen MR) is 109 cm³/mol. The Morgan fingerprint density at radius 2 is 1.90 bits per heavy atom. The molecule has 5 rings (SSSR count). The largest absolute Gasteiger partial charge is 0.462 e. The highest BCUT2D eigenvalue weighted by Crippen LogP contribution is 2.40. The molecule has 2 fully saturated rings. The third-order valence-electron chi connectivity index (χ3n) is 6.47. The van der Waals surface area contributed by atoms with Gasteiger partial charge in [0.05, 0.1) is 11.5 Å². The summed E-state index contributed by atoms with van der Waals surface area (Å²) in [6.07, 6.45) is 10.1. The molecule has 0 radical (unpaired) electrons. The van der Waals surface area contributed by atoms with Gasteiger partial charge in [0.15, 0.2) is 9.84 Å². The van der Waals surface area contributed by atoms with E-state index in [1.807, 2.05) is 18.2 Å². The minimum atomic E-state index is -3.29. The van der Waals surface area contributed by atoms with Gasteiger partial charge in [-0.2, -0.15) is 0 Å². The smallest absolute Gasteiger partial charge is 0.213 e. The number of piperidine rings is 1. The summed E-state index contributed by atoms with van der Waals surface area (Å²) in [5.41, 5.74) is 2.66. The third kappa shape index (κ3) is 3.67. The molecule has 2 aromatic rings.